The first kappa shape index (κ1) is 35.1. The fourth-order valence-electron chi connectivity index (χ4n) is 3.91. The number of hydrogen-bond donors (Lipinski definition) is 1. The zero-order valence-corrected chi connectivity index (χ0v) is 25.9. The molecule has 0 saturated carbocycles. The predicted molar refractivity (Wildman–Crippen MR) is 173 cm³/mol. The zero-order valence-electron chi connectivity index (χ0n) is 25.2. The van der Waals surface area contributed by atoms with Crippen molar-refractivity contribution in [3.63, 3.8) is 0 Å². The SMILES string of the molecule is CCOC(=O)C(=O)Cl.CCOC(=O)c1nc(-c2ccccc2)c(-c2ccccc2)o1.O=C(c1ccccc1)C(O)c1ccccc1. The summed E-state index contributed by atoms with van der Waals surface area (Å²) in [6.45, 7) is 3.80. The van der Waals surface area contributed by atoms with Crippen LogP contribution in [0.3, 0.4) is 0 Å². The second kappa shape index (κ2) is 18.4. The Bertz CT molecular complexity index is 1630. The van der Waals surface area contributed by atoms with E-state index in [1.54, 1.807) is 62.4 Å². The van der Waals surface area contributed by atoms with E-state index in [1.807, 2.05) is 72.8 Å². The van der Waals surface area contributed by atoms with Gasteiger partial charge in [-0.3, -0.25) is 9.59 Å². The van der Waals surface area contributed by atoms with Gasteiger partial charge in [-0.1, -0.05) is 121 Å². The fraction of sp³-hybridized carbons (Fsp3) is 0.139. The average molecular weight is 642 g/mol. The van der Waals surface area contributed by atoms with Gasteiger partial charge in [0.2, 0.25) is 0 Å². The van der Waals surface area contributed by atoms with Crippen LogP contribution in [0.25, 0.3) is 22.6 Å². The molecule has 1 atom stereocenters. The normalized spacial score (nSPS) is 10.6. The minimum absolute atomic E-state index is 0.0282. The van der Waals surface area contributed by atoms with Crippen molar-refractivity contribution < 1.29 is 38.2 Å². The topological polar surface area (TPSA) is 133 Å². The Morgan fingerprint density at radius 1 is 0.717 bits per heavy atom. The first-order valence-electron chi connectivity index (χ1n) is 14.2. The molecule has 9 nitrogen and oxygen atoms in total. The molecule has 1 heterocycles. The zero-order chi connectivity index (χ0) is 33.3. The molecule has 236 valence electrons. The number of hydrogen-bond acceptors (Lipinski definition) is 9. The van der Waals surface area contributed by atoms with Crippen molar-refractivity contribution >= 4 is 34.6 Å². The van der Waals surface area contributed by atoms with Crippen LogP contribution >= 0.6 is 11.6 Å². The number of esters is 2. The van der Waals surface area contributed by atoms with Gasteiger partial charge < -0.3 is 19.0 Å². The van der Waals surface area contributed by atoms with Gasteiger partial charge in [0.25, 0.3) is 0 Å². The molecule has 10 heteroatoms. The fourth-order valence-corrected chi connectivity index (χ4v) is 3.97. The third kappa shape index (κ3) is 10.4. The van der Waals surface area contributed by atoms with E-state index >= 15 is 0 Å². The summed E-state index contributed by atoms with van der Waals surface area (Å²) >= 11 is 4.69. The predicted octanol–water partition coefficient (Wildman–Crippen LogP) is 7.10. The minimum Gasteiger partial charge on any atom is -0.459 e. The molecule has 5 aromatic rings. The maximum Gasteiger partial charge on any atom is 0.394 e. The highest BCUT2D eigenvalue weighted by Gasteiger charge is 2.22. The maximum absolute atomic E-state index is 11.9. The van der Waals surface area contributed by atoms with Crippen LogP contribution in [0.15, 0.2) is 126 Å². The quantitative estimate of drug-likeness (QED) is 0.0774. The van der Waals surface area contributed by atoms with Crippen LogP contribution in [0.4, 0.5) is 0 Å². The number of ketones is 1. The average Bonchev–Trinajstić information content (AvgIpc) is 3.56. The Morgan fingerprint density at radius 2 is 1.20 bits per heavy atom. The van der Waals surface area contributed by atoms with E-state index in [4.69, 9.17) is 20.8 Å². The smallest absolute Gasteiger partial charge is 0.394 e. The van der Waals surface area contributed by atoms with Gasteiger partial charge in [-0.05, 0) is 31.0 Å². The summed E-state index contributed by atoms with van der Waals surface area (Å²) in [5.74, 6) is -1.28. The summed E-state index contributed by atoms with van der Waals surface area (Å²) in [5, 5.41) is 8.82. The van der Waals surface area contributed by atoms with E-state index in [0.29, 0.717) is 22.6 Å². The molecule has 1 aromatic heterocycles. The van der Waals surface area contributed by atoms with Crippen molar-refractivity contribution in [2.45, 2.75) is 20.0 Å². The van der Waals surface area contributed by atoms with Gasteiger partial charge in [0, 0.05) is 16.7 Å². The number of aliphatic hydroxyl groups excluding tert-OH is 1. The molecule has 0 radical (unpaired) electrons. The number of aliphatic hydroxyl groups is 1. The number of oxazole rings is 1. The second-order valence-corrected chi connectivity index (χ2v) is 9.53. The lowest BCUT2D eigenvalue weighted by Gasteiger charge is -2.09. The van der Waals surface area contributed by atoms with Crippen LogP contribution in [-0.4, -0.2) is 46.3 Å². The molecule has 1 unspecified atom stereocenters. The van der Waals surface area contributed by atoms with Gasteiger partial charge in [-0.2, -0.15) is 0 Å². The highest BCUT2D eigenvalue weighted by atomic mass is 35.5. The molecule has 0 aliphatic rings. The number of carbonyl (C=O) groups excluding carboxylic acids is 4. The summed E-state index contributed by atoms with van der Waals surface area (Å²) in [4.78, 5) is 48.0. The monoisotopic (exact) mass is 641 g/mol. The number of Topliss-reactive ketones (excluding diaryl/α,β-unsaturated/α-hetero) is 1. The van der Waals surface area contributed by atoms with Crippen LogP contribution < -0.4 is 0 Å². The number of aromatic nitrogens is 1. The van der Waals surface area contributed by atoms with Crippen molar-refractivity contribution in [1.29, 1.82) is 0 Å². The van der Waals surface area contributed by atoms with E-state index in [0.717, 1.165) is 11.1 Å². The molecule has 0 aliphatic carbocycles. The van der Waals surface area contributed by atoms with Crippen LogP contribution in [0, 0.1) is 0 Å². The number of rotatable bonds is 9. The molecular weight excluding hydrogens is 610 g/mol. The summed E-state index contributed by atoms with van der Waals surface area (Å²) in [6, 6.07) is 37.0. The largest absolute Gasteiger partial charge is 0.459 e. The highest BCUT2D eigenvalue weighted by molar-refractivity contribution is 6.80. The lowest BCUT2D eigenvalue weighted by atomic mass is 10.0. The number of benzene rings is 4. The van der Waals surface area contributed by atoms with Crippen molar-refractivity contribution in [3.05, 3.63) is 138 Å². The summed E-state index contributed by atoms with van der Waals surface area (Å²) < 4.78 is 14.8. The number of ether oxygens (including phenoxy) is 2. The first-order valence-corrected chi connectivity index (χ1v) is 14.6. The Morgan fingerprint density at radius 3 is 1.67 bits per heavy atom. The third-order valence-electron chi connectivity index (χ3n) is 6.02. The van der Waals surface area contributed by atoms with Crippen molar-refractivity contribution in [2.75, 3.05) is 13.2 Å². The molecule has 0 spiro atoms. The number of halogens is 1. The van der Waals surface area contributed by atoms with Gasteiger partial charge in [0.1, 0.15) is 11.8 Å². The highest BCUT2D eigenvalue weighted by Crippen LogP contribution is 2.32. The summed E-state index contributed by atoms with van der Waals surface area (Å²) in [7, 11) is 0. The van der Waals surface area contributed by atoms with Crippen molar-refractivity contribution in [3.8, 4) is 22.6 Å². The Labute approximate surface area is 271 Å². The lowest BCUT2D eigenvalue weighted by molar-refractivity contribution is -0.149. The molecule has 1 N–H and O–H groups in total. The first-order chi connectivity index (χ1) is 22.3. The molecule has 0 saturated heterocycles. The number of nitrogens with zero attached hydrogens (tertiary/aromatic N) is 1. The second-order valence-electron chi connectivity index (χ2n) is 9.19. The van der Waals surface area contributed by atoms with Crippen LogP contribution in [-0.2, 0) is 19.1 Å². The summed E-state index contributed by atoms with van der Waals surface area (Å²) in [6.07, 6.45) is -1.08. The van der Waals surface area contributed by atoms with E-state index < -0.39 is 23.3 Å². The van der Waals surface area contributed by atoms with Crippen molar-refractivity contribution in [1.82, 2.24) is 4.98 Å². The Kier molecular flexibility index (Phi) is 14.1. The Hall–Kier alpha value is -5.38. The van der Waals surface area contributed by atoms with Gasteiger partial charge in [0.05, 0.1) is 13.2 Å². The number of carbonyl (C=O) groups is 4. The van der Waals surface area contributed by atoms with E-state index in [1.165, 1.54) is 0 Å². The van der Waals surface area contributed by atoms with Crippen LogP contribution in [0.5, 0.6) is 0 Å². The molecule has 4 aromatic carbocycles. The van der Waals surface area contributed by atoms with E-state index in [2.05, 4.69) is 9.72 Å². The van der Waals surface area contributed by atoms with Gasteiger partial charge in [-0.25, -0.2) is 14.6 Å². The van der Waals surface area contributed by atoms with Gasteiger partial charge in [-0.15, -0.1) is 0 Å². The molecule has 0 bridgehead atoms. The molecule has 0 fully saturated rings. The summed E-state index contributed by atoms with van der Waals surface area (Å²) in [5.41, 5.74) is 3.54. The maximum atomic E-state index is 11.9. The van der Waals surface area contributed by atoms with Crippen molar-refractivity contribution in [2.24, 2.45) is 0 Å². The molecule has 5 rings (SSSR count). The van der Waals surface area contributed by atoms with Gasteiger partial charge in [0.15, 0.2) is 11.5 Å². The lowest BCUT2D eigenvalue weighted by Crippen LogP contribution is -2.11. The molecule has 0 aliphatic heterocycles. The minimum atomic E-state index is -1.08. The Balaban J connectivity index is 0.000000210. The van der Waals surface area contributed by atoms with Gasteiger partial charge >= 0.3 is 23.1 Å². The van der Waals surface area contributed by atoms with E-state index in [9.17, 15) is 24.3 Å². The molecule has 0 amide bonds. The van der Waals surface area contributed by atoms with E-state index in [-0.39, 0.29) is 24.9 Å². The third-order valence-corrected chi connectivity index (χ3v) is 6.17. The standard InChI is InChI=1S/C18H15NO3.C14H12O2.C4H5ClO3/c1-2-21-18(20)17-19-15(13-9-5-3-6-10-13)16(22-17)14-11-7-4-8-12-14;15-13(11-7-3-1-4-8-11)14(16)12-9-5-2-6-10-12;1-2-8-4(7)3(5)6/h3-12H,2H2,1H3;1-10,13,15H;2H2,1H3. The van der Waals surface area contributed by atoms with Crippen LogP contribution in [0.1, 0.15) is 46.6 Å². The molecule has 46 heavy (non-hydrogen) atoms. The molecular formula is C36H32ClNO8. The van der Waals surface area contributed by atoms with Crippen LogP contribution in [0.2, 0.25) is 0 Å².